The van der Waals surface area contributed by atoms with Gasteiger partial charge in [-0.25, -0.2) is 0 Å². The zero-order valence-electron chi connectivity index (χ0n) is 14.6. The van der Waals surface area contributed by atoms with E-state index in [1.54, 1.807) is 23.1 Å². The van der Waals surface area contributed by atoms with Crippen molar-refractivity contribution < 1.29 is 14.0 Å². The van der Waals surface area contributed by atoms with Gasteiger partial charge >= 0.3 is 0 Å². The van der Waals surface area contributed by atoms with Gasteiger partial charge in [0.2, 0.25) is 17.7 Å². The minimum Gasteiger partial charge on any atom is -0.419 e. The molecule has 1 N–H and O–H groups in total. The van der Waals surface area contributed by atoms with Crippen molar-refractivity contribution in [3.8, 4) is 11.5 Å². The molecule has 0 saturated carbocycles. The maximum atomic E-state index is 12.4. The van der Waals surface area contributed by atoms with Crippen LogP contribution in [0.15, 0.2) is 59.0 Å². The van der Waals surface area contributed by atoms with Crippen LogP contribution in [0.1, 0.15) is 29.1 Å². The van der Waals surface area contributed by atoms with E-state index < -0.39 is 0 Å². The summed E-state index contributed by atoms with van der Waals surface area (Å²) in [6, 6.07) is 16.5. The SMILES string of the molecule is O=C(NCc1nnc(-c2ccccc2)o1)c1cccc(N2CCCC2=O)c1. The lowest BCUT2D eigenvalue weighted by atomic mass is 10.1. The van der Waals surface area contributed by atoms with Crippen LogP contribution in [0, 0.1) is 0 Å². The Morgan fingerprint density at radius 2 is 1.96 bits per heavy atom. The van der Waals surface area contributed by atoms with Gasteiger partial charge in [0.15, 0.2) is 0 Å². The predicted molar refractivity (Wildman–Crippen MR) is 98.9 cm³/mol. The molecule has 4 rings (SSSR count). The number of aromatic nitrogens is 2. The van der Waals surface area contributed by atoms with E-state index >= 15 is 0 Å². The van der Waals surface area contributed by atoms with Gasteiger partial charge in [-0.15, -0.1) is 10.2 Å². The molecule has 1 saturated heterocycles. The number of anilines is 1. The molecule has 0 atom stereocenters. The highest BCUT2D eigenvalue weighted by molar-refractivity contribution is 5.99. The Morgan fingerprint density at radius 1 is 1.11 bits per heavy atom. The summed E-state index contributed by atoms with van der Waals surface area (Å²) in [6.07, 6.45) is 1.40. The molecule has 136 valence electrons. The first-order valence-corrected chi connectivity index (χ1v) is 8.77. The van der Waals surface area contributed by atoms with Crippen molar-refractivity contribution in [2.24, 2.45) is 0 Å². The van der Waals surface area contributed by atoms with E-state index in [1.807, 2.05) is 36.4 Å². The summed E-state index contributed by atoms with van der Waals surface area (Å²) in [4.78, 5) is 26.0. The zero-order valence-corrected chi connectivity index (χ0v) is 14.6. The van der Waals surface area contributed by atoms with Gasteiger partial charge in [-0.2, -0.15) is 0 Å². The van der Waals surface area contributed by atoms with Gasteiger partial charge in [-0.1, -0.05) is 24.3 Å². The van der Waals surface area contributed by atoms with Gasteiger partial charge in [-0.3, -0.25) is 9.59 Å². The van der Waals surface area contributed by atoms with Crippen molar-refractivity contribution in [3.63, 3.8) is 0 Å². The Balaban J connectivity index is 1.41. The molecule has 7 heteroatoms. The van der Waals surface area contributed by atoms with Gasteiger partial charge in [-0.05, 0) is 36.8 Å². The fraction of sp³-hybridized carbons (Fsp3) is 0.200. The minimum atomic E-state index is -0.261. The summed E-state index contributed by atoms with van der Waals surface area (Å²) in [6.45, 7) is 0.819. The normalized spacial score (nSPS) is 13.8. The van der Waals surface area contributed by atoms with Crippen LogP contribution in [-0.4, -0.2) is 28.6 Å². The van der Waals surface area contributed by atoms with Crippen molar-refractivity contribution in [2.45, 2.75) is 19.4 Å². The molecular weight excluding hydrogens is 344 g/mol. The van der Waals surface area contributed by atoms with Gasteiger partial charge in [0, 0.05) is 29.8 Å². The number of amides is 2. The second-order valence-corrected chi connectivity index (χ2v) is 6.25. The lowest BCUT2D eigenvalue weighted by Crippen LogP contribution is -2.25. The fourth-order valence-corrected chi connectivity index (χ4v) is 3.02. The van der Waals surface area contributed by atoms with Gasteiger partial charge in [0.25, 0.3) is 5.91 Å². The molecule has 1 aliphatic rings. The highest BCUT2D eigenvalue weighted by Gasteiger charge is 2.22. The van der Waals surface area contributed by atoms with Crippen LogP contribution in [0.5, 0.6) is 0 Å². The summed E-state index contributed by atoms with van der Waals surface area (Å²) < 4.78 is 5.59. The third-order valence-electron chi connectivity index (χ3n) is 4.38. The number of hydrogen-bond acceptors (Lipinski definition) is 5. The van der Waals surface area contributed by atoms with E-state index in [9.17, 15) is 9.59 Å². The minimum absolute atomic E-state index is 0.0897. The molecule has 3 aromatic rings. The summed E-state index contributed by atoms with van der Waals surface area (Å²) >= 11 is 0. The zero-order chi connectivity index (χ0) is 18.6. The van der Waals surface area contributed by atoms with E-state index in [2.05, 4.69) is 15.5 Å². The summed E-state index contributed by atoms with van der Waals surface area (Å²) in [5.74, 6) is 0.567. The Hall–Kier alpha value is -3.48. The molecular formula is C20H18N4O3. The van der Waals surface area contributed by atoms with Crippen molar-refractivity contribution in [2.75, 3.05) is 11.4 Å². The topological polar surface area (TPSA) is 88.3 Å². The monoisotopic (exact) mass is 362 g/mol. The number of carbonyl (C=O) groups excluding carboxylic acids is 2. The molecule has 0 spiro atoms. The van der Waals surface area contributed by atoms with Crippen LogP contribution >= 0.6 is 0 Å². The lowest BCUT2D eigenvalue weighted by molar-refractivity contribution is -0.117. The first kappa shape index (κ1) is 17.0. The van der Waals surface area contributed by atoms with E-state index in [1.165, 1.54) is 0 Å². The molecule has 0 unspecified atom stereocenters. The molecule has 0 aliphatic carbocycles. The van der Waals surface area contributed by atoms with Crippen LogP contribution in [0.4, 0.5) is 5.69 Å². The predicted octanol–water partition coefficient (Wildman–Crippen LogP) is 2.79. The van der Waals surface area contributed by atoms with E-state index in [0.29, 0.717) is 30.3 Å². The molecule has 0 radical (unpaired) electrons. The van der Waals surface area contributed by atoms with Gasteiger partial charge < -0.3 is 14.6 Å². The van der Waals surface area contributed by atoms with E-state index in [4.69, 9.17) is 4.42 Å². The summed E-state index contributed by atoms with van der Waals surface area (Å²) in [5.41, 5.74) is 2.05. The third-order valence-corrected chi connectivity index (χ3v) is 4.38. The van der Waals surface area contributed by atoms with Crippen molar-refractivity contribution >= 4 is 17.5 Å². The number of nitrogens with one attached hydrogen (secondary N) is 1. The smallest absolute Gasteiger partial charge is 0.251 e. The summed E-state index contributed by atoms with van der Waals surface area (Å²) in [5, 5.41) is 10.7. The largest absolute Gasteiger partial charge is 0.419 e. The number of carbonyl (C=O) groups is 2. The molecule has 7 nitrogen and oxygen atoms in total. The number of nitrogens with zero attached hydrogens (tertiary/aromatic N) is 3. The Bertz CT molecular complexity index is 968. The maximum absolute atomic E-state index is 12.4. The number of rotatable bonds is 5. The van der Waals surface area contributed by atoms with Crippen LogP contribution in [0.2, 0.25) is 0 Å². The average Bonchev–Trinajstić information content (AvgIpc) is 3.36. The van der Waals surface area contributed by atoms with E-state index in [-0.39, 0.29) is 18.4 Å². The molecule has 1 aromatic heterocycles. The van der Waals surface area contributed by atoms with E-state index in [0.717, 1.165) is 17.7 Å². The second kappa shape index (κ2) is 7.41. The second-order valence-electron chi connectivity index (χ2n) is 6.25. The Morgan fingerprint density at radius 3 is 2.74 bits per heavy atom. The van der Waals surface area contributed by atoms with Crippen molar-refractivity contribution in [1.82, 2.24) is 15.5 Å². The molecule has 0 bridgehead atoms. The first-order valence-electron chi connectivity index (χ1n) is 8.77. The molecule has 1 fully saturated rings. The molecule has 2 heterocycles. The van der Waals surface area contributed by atoms with Crippen LogP contribution in [-0.2, 0) is 11.3 Å². The summed E-state index contributed by atoms with van der Waals surface area (Å²) in [7, 11) is 0. The first-order chi connectivity index (χ1) is 13.2. The fourth-order valence-electron chi connectivity index (χ4n) is 3.02. The van der Waals surface area contributed by atoms with Crippen molar-refractivity contribution in [1.29, 1.82) is 0 Å². The highest BCUT2D eigenvalue weighted by atomic mass is 16.4. The molecule has 2 amide bonds. The maximum Gasteiger partial charge on any atom is 0.251 e. The Kier molecular flexibility index (Phi) is 4.65. The van der Waals surface area contributed by atoms with Crippen LogP contribution in [0.25, 0.3) is 11.5 Å². The van der Waals surface area contributed by atoms with Crippen LogP contribution in [0.3, 0.4) is 0 Å². The lowest BCUT2D eigenvalue weighted by Gasteiger charge is -2.16. The molecule has 27 heavy (non-hydrogen) atoms. The number of hydrogen-bond donors (Lipinski definition) is 1. The molecule has 2 aromatic carbocycles. The van der Waals surface area contributed by atoms with Gasteiger partial charge in [0.05, 0.1) is 6.54 Å². The van der Waals surface area contributed by atoms with Crippen LogP contribution < -0.4 is 10.2 Å². The van der Waals surface area contributed by atoms with Crippen molar-refractivity contribution in [3.05, 3.63) is 66.1 Å². The number of benzene rings is 2. The van der Waals surface area contributed by atoms with Gasteiger partial charge in [0.1, 0.15) is 0 Å². The highest BCUT2D eigenvalue weighted by Crippen LogP contribution is 2.22. The standard InChI is InChI=1S/C20H18N4O3/c25-18-10-5-11-24(18)16-9-4-8-15(12-16)19(26)21-13-17-22-23-20(27-17)14-6-2-1-3-7-14/h1-4,6-9,12H,5,10-11,13H2,(H,21,26). The third kappa shape index (κ3) is 3.72. The molecule has 1 aliphatic heterocycles. The quantitative estimate of drug-likeness (QED) is 0.754. The Labute approximate surface area is 156 Å². The average molecular weight is 362 g/mol.